The number of thiazole rings is 1. The van der Waals surface area contributed by atoms with Crippen LogP contribution in [0.3, 0.4) is 0 Å². The van der Waals surface area contributed by atoms with Crippen molar-refractivity contribution < 1.29 is 4.79 Å². The Morgan fingerprint density at radius 1 is 1.39 bits per heavy atom. The molecule has 0 saturated heterocycles. The predicted molar refractivity (Wildman–Crippen MR) is 73.9 cm³/mol. The summed E-state index contributed by atoms with van der Waals surface area (Å²) in [6.07, 6.45) is 1.77. The standard InChI is InChI=1S/C13H15N3OS/c1-2-15-12-6-4-3-5-11(12)13(17)16-8-10-7-14-9-18-10/h3-7,9,15H,2,8H2,1H3,(H,16,17). The number of nitrogens with zero attached hydrogens (tertiary/aromatic N) is 1. The Kier molecular flexibility index (Phi) is 4.30. The van der Waals surface area contributed by atoms with E-state index in [1.807, 2.05) is 31.2 Å². The molecule has 18 heavy (non-hydrogen) atoms. The number of hydrogen-bond acceptors (Lipinski definition) is 4. The Morgan fingerprint density at radius 3 is 2.94 bits per heavy atom. The van der Waals surface area contributed by atoms with Crippen LogP contribution >= 0.6 is 11.3 Å². The van der Waals surface area contributed by atoms with Gasteiger partial charge in [0.2, 0.25) is 0 Å². The largest absolute Gasteiger partial charge is 0.385 e. The molecule has 0 fully saturated rings. The van der Waals surface area contributed by atoms with E-state index in [0.29, 0.717) is 12.1 Å². The van der Waals surface area contributed by atoms with Crippen molar-refractivity contribution in [3.05, 3.63) is 46.4 Å². The maximum atomic E-state index is 12.1. The number of carbonyl (C=O) groups excluding carboxylic acids is 1. The fourth-order valence-electron chi connectivity index (χ4n) is 1.62. The molecule has 94 valence electrons. The van der Waals surface area contributed by atoms with Crippen molar-refractivity contribution >= 4 is 22.9 Å². The maximum absolute atomic E-state index is 12.1. The molecule has 2 N–H and O–H groups in total. The van der Waals surface area contributed by atoms with Gasteiger partial charge in [-0.3, -0.25) is 9.78 Å². The topological polar surface area (TPSA) is 54.0 Å². The third kappa shape index (κ3) is 3.07. The molecule has 0 unspecified atom stereocenters. The van der Waals surface area contributed by atoms with Crippen LogP contribution in [0.1, 0.15) is 22.2 Å². The molecule has 0 saturated carbocycles. The lowest BCUT2D eigenvalue weighted by Gasteiger charge is -2.10. The molecular formula is C13H15N3OS. The van der Waals surface area contributed by atoms with Gasteiger partial charge in [0, 0.05) is 23.3 Å². The molecule has 1 aromatic carbocycles. The Balaban J connectivity index is 2.04. The van der Waals surface area contributed by atoms with Crippen molar-refractivity contribution in [1.29, 1.82) is 0 Å². The minimum Gasteiger partial charge on any atom is -0.385 e. The van der Waals surface area contributed by atoms with Gasteiger partial charge in [-0.15, -0.1) is 11.3 Å². The molecule has 0 aliphatic heterocycles. The average molecular weight is 261 g/mol. The van der Waals surface area contributed by atoms with Gasteiger partial charge in [0.25, 0.3) is 5.91 Å². The van der Waals surface area contributed by atoms with Crippen LogP contribution in [-0.4, -0.2) is 17.4 Å². The van der Waals surface area contributed by atoms with E-state index in [1.54, 1.807) is 11.7 Å². The minimum atomic E-state index is -0.0695. The van der Waals surface area contributed by atoms with E-state index in [2.05, 4.69) is 15.6 Å². The molecule has 0 bridgehead atoms. The van der Waals surface area contributed by atoms with Gasteiger partial charge in [-0.2, -0.15) is 0 Å². The normalized spacial score (nSPS) is 10.1. The van der Waals surface area contributed by atoms with Crippen molar-refractivity contribution in [2.45, 2.75) is 13.5 Å². The van der Waals surface area contributed by atoms with E-state index in [4.69, 9.17) is 0 Å². The van der Waals surface area contributed by atoms with Gasteiger partial charge in [0.05, 0.1) is 17.6 Å². The highest BCUT2D eigenvalue weighted by atomic mass is 32.1. The molecule has 5 heteroatoms. The molecule has 1 aromatic heterocycles. The fraction of sp³-hybridized carbons (Fsp3) is 0.231. The van der Waals surface area contributed by atoms with Crippen LogP contribution in [0.25, 0.3) is 0 Å². The van der Waals surface area contributed by atoms with E-state index in [9.17, 15) is 4.79 Å². The van der Waals surface area contributed by atoms with Gasteiger partial charge in [-0.05, 0) is 19.1 Å². The van der Waals surface area contributed by atoms with Gasteiger partial charge in [-0.1, -0.05) is 12.1 Å². The molecule has 0 atom stereocenters. The van der Waals surface area contributed by atoms with Crippen LogP contribution in [0, 0.1) is 0 Å². The molecule has 4 nitrogen and oxygen atoms in total. The lowest BCUT2D eigenvalue weighted by atomic mass is 10.1. The number of nitrogens with one attached hydrogen (secondary N) is 2. The molecule has 0 radical (unpaired) electrons. The lowest BCUT2D eigenvalue weighted by molar-refractivity contribution is 0.0952. The summed E-state index contributed by atoms with van der Waals surface area (Å²) in [6, 6.07) is 7.51. The zero-order valence-corrected chi connectivity index (χ0v) is 11.0. The second-order valence-corrected chi connectivity index (χ2v) is 4.70. The van der Waals surface area contributed by atoms with Crippen LogP contribution < -0.4 is 10.6 Å². The van der Waals surface area contributed by atoms with E-state index in [1.165, 1.54) is 11.3 Å². The Bertz CT molecular complexity index is 511. The molecule has 1 heterocycles. The number of aromatic nitrogens is 1. The first-order valence-electron chi connectivity index (χ1n) is 5.79. The van der Waals surface area contributed by atoms with Crippen molar-refractivity contribution in [3.8, 4) is 0 Å². The SMILES string of the molecule is CCNc1ccccc1C(=O)NCc1cncs1. The monoisotopic (exact) mass is 261 g/mol. The summed E-state index contributed by atoms with van der Waals surface area (Å²) in [5, 5.41) is 6.07. The third-order valence-corrected chi connectivity index (χ3v) is 3.23. The van der Waals surface area contributed by atoms with Crippen molar-refractivity contribution in [3.63, 3.8) is 0 Å². The summed E-state index contributed by atoms with van der Waals surface area (Å²) >= 11 is 1.53. The van der Waals surface area contributed by atoms with Gasteiger partial charge in [-0.25, -0.2) is 0 Å². The second-order valence-electron chi connectivity index (χ2n) is 3.73. The zero-order chi connectivity index (χ0) is 12.8. The summed E-state index contributed by atoms with van der Waals surface area (Å²) in [7, 11) is 0. The van der Waals surface area contributed by atoms with Crippen LogP contribution in [0.5, 0.6) is 0 Å². The lowest BCUT2D eigenvalue weighted by Crippen LogP contribution is -2.23. The summed E-state index contributed by atoms with van der Waals surface area (Å²) < 4.78 is 0. The molecule has 2 aromatic rings. The number of para-hydroxylation sites is 1. The number of benzene rings is 1. The minimum absolute atomic E-state index is 0.0695. The van der Waals surface area contributed by atoms with Crippen LogP contribution in [-0.2, 0) is 6.54 Å². The summed E-state index contributed by atoms with van der Waals surface area (Å²) in [5.74, 6) is -0.0695. The Hall–Kier alpha value is -1.88. The predicted octanol–water partition coefficient (Wildman–Crippen LogP) is 2.50. The highest BCUT2D eigenvalue weighted by Crippen LogP contribution is 2.15. The van der Waals surface area contributed by atoms with Crippen molar-refractivity contribution in [2.75, 3.05) is 11.9 Å². The smallest absolute Gasteiger partial charge is 0.253 e. The van der Waals surface area contributed by atoms with Gasteiger partial charge < -0.3 is 10.6 Å². The molecule has 2 rings (SSSR count). The number of carbonyl (C=O) groups is 1. The number of anilines is 1. The Labute approximate surface area is 110 Å². The average Bonchev–Trinajstić information content (AvgIpc) is 2.90. The quantitative estimate of drug-likeness (QED) is 0.869. The third-order valence-electron chi connectivity index (χ3n) is 2.45. The first-order valence-corrected chi connectivity index (χ1v) is 6.67. The summed E-state index contributed by atoms with van der Waals surface area (Å²) in [5.41, 5.74) is 3.29. The van der Waals surface area contributed by atoms with Crippen LogP contribution in [0.15, 0.2) is 36.0 Å². The van der Waals surface area contributed by atoms with Crippen molar-refractivity contribution in [1.82, 2.24) is 10.3 Å². The number of amides is 1. The van der Waals surface area contributed by atoms with E-state index in [-0.39, 0.29) is 5.91 Å². The Morgan fingerprint density at radius 2 is 2.22 bits per heavy atom. The van der Waals surface area contributed by atoms with E-state index in [0.717, 1.165) is 17.1 Å². The molecule has 1 amide bonds. The van der Waals surface area contributed by atoms with Gasteiger partial charge >= 0.3 is 0 Å². The number of rotatable bonds is 5. The maximum Gasteiger partial charge on any atom is 0.253 e. The highest BCUT2D eigenvalue weighted by Gasteiger charge is 2.09. The first kappa shape index (κ1) is 12.6. The van der Waals surface area contributed by atoms with Gasteiger partial charge in [0.15, 0.2) is 0 Å². The second kappa shape index (κ2) is 6.16. The molecule has 0 spiro atoms. The fourth-order valence-corrected chi connectivity index (χ4v) is 2.15. The van der Waals surface area contributed by atoms with Crippen LogP contribution in [0.4, 0.5) is 5.69 Å². The van der Waals surface area contributed by atoms with Crippen molar-refractivity contribution in [2.24, 2.45) is 0 Å². The number of hydrogen-bond donors (Lipinski definition) is 2. The summed E-state index contributed by atoms with van der Waals surface area (Å²) in [4.78, 5) is 17.1. The van der Waals surface area contributed by atoms with Crippen LogP contribution in [0.2, 0.25) is 0 Å². The molecule has 0 aliphatic rings. The molecular weight excluding hydrogens is 246 g/mol. The summed E-state index contributed by atoms with van der Waals surface area (Å²) in [6.45, 7) is 3.31. The first-order chi connectivity index (χ1) is 8.81. The van der Waals surface area contributed by atoms with Gasteiger partial charge in [0.1, 0.15) is 0 Å². The zero-order valence-electron chi connectivity index (χ0n) is 10.1. The molecule has 0 aliphatic carbocycles. The highest BCUT2D eigenvalue weighted by molar-refractivity contribution is 7.09. The van der Waals surface area contributed by atoms with E-state index < -0.39 is 0 Å². The van der Waals surface area contributed by atoms with E-state index >= 15 is 0 Å².